The Bertz CT molecular complexity index is 1280. The van der Waals surface area contributed by atoms with E-state index in [0.29, 0.717) is 23.6 Å². The number of nitrogens with zero attached hydrogens (tertiary/aromatic N) is 1. The van der Waals surface area contributed by atoms with Gasteiger partial charge in [0.2, 0.25) is 0 Å². The highest BCUT2D eigenvalue weighted by Crippen LogP contribution is 2.38. The second-order valence-electron chi connectivity index (χ2n) is 11.2. The van der Waals surface area contributed by atoms with E-state index in [9.17, 15) is 14.7 Å². The number of ether oxygens (including phenoxy) is 1. The third kappa shape index (κ3) is 6.72. The number of carboxylic acids is 1. The van der Waals surface area contributed by atoms with Crippen LogP contribution in [0.5, 0.6) is 5.75 Å². The average Bonchev–Trinajstić information content (AvgIpc) is 3.17. The maximum absolute atomic E-state index is 13.5. The summed E-state index contributed by atoms with van der Waals surface area (Å²) in [5, 5.41) is 9.82. The molecule has 0 aliphatic carbocycles. The molecule has 0 bridgehead atoms. The molecular weight excluding hydrogens is 486 g/mol. The van der Waals surface area contributed by atoms with E-state index in [2.05, 4.69) is 52.0 Å². The number of carboxylic acid groups (broad SMARTS) is 1. The highest BCUT2D eigenvalue weighted by Gasteiger charge is 2.35. The first kappa shape index (κ1) is 26.7. The van der Waals surface area contributed by atoms with E-state index in [0.717, 1.165) is 23.3 Å². The summed E-state index contributed by atoms with van der Waals surface area (Å²) in [6.45, 7) is 9.14. The largest absolute Gasteiger partial charge is 0.487 e. The van der Waals surface area contributed by atoms with Gasteiger partial charge in [-0.2, -0.15) is 0 Å². The van der Waals surface area contributed by atoms with Crippen LogP contribution < -0.4 is 4.74 Å². The highest BCUT2D eigenvalue weighted by atomic mass is 35.5. The lowest BCUT2D eigenvalue weighted by Gasteiger charge is -2.25. The van der Waals surface area contributed by atoms with Crippen LogP contribution in [-0.2, 0) is 29.6 Å². The van der Waals surface area contributed by atoms with Crippen LogP contribution in [0.1, 0.15) is 66.7 Å². The van der Waals surface area contributed by atoms with Crippen molar-refractivity contribution in [2.24, 2.45) is 0 Å². The lowest BCUT2D eigenvalue weighted by atomic mass is 9.85. The summed E-state index contributed by atoms with van der Waals surface area (Å²) in [5.74, 6) is -0.354. The molecule has 4 rings (SSSR count). The second kappa shape index (κ2) is 10.6. The van der Waals surface area contributed by atoms with Crippen LogP contribution in [0.2, 0.25) is 5.02 Å². The third-order valence-electron chi connectivity index (χ3n) is 6.80. The number of hydrogen-bond donors (Lipinski definition) is 1. The van der Waals surface area contributed by atoms with Crippen LogP contribution in [0, 0.1) is 0 Å². The minimum absolute atomic E-state index is 0.109. The molecule has 1 aliphatic heterocycles. The highest BCUT2D eigenvalue weighted by molar-refractivity contribution is 6.30. The fraction of sp³-hybridized carbons (Fsp3) is 0.355. The molecule has 1 heterocycles. The van der Waals surface area contributed by atoms with Gasteiger partial charge in [0.05, 0.1) is 6.42 Å². The molecule has 1 atom stereocenters. The maximum atomic E-state index is 13.5. The Balaban J connectivity index is 1.49. The van der Waals surface area contributed by atoms with E-state index in [1.165, 1.54) is 11.1 Å². The van der Waals surface area contributed by atoms with Crippen molar-refractivity contribution in [1.29, 1.82) is 0 Å². The number of aliphatic carboxylic acids is 1. The molecule has 37 heavy (non-hydrogen) atoms. The molecule has 0 spiro atoms. The van der Waals surface area contributed by atoms with E-state index in [1.807, 2.05) is 24.3 Å². The van der Waals surface area contributed by atoms with Gasteiger partial charge in [0.1, 0.15) is 11.4 Å². The number of rotatable bonds is 8. The van der Waals surface area contributed by atoms with Crippen molar-refractivity contribution >= 4 is 23.5 Å². The van der Waals surface area contributed by atoms with Crippen LogP contribution in [0.3, 0.4) is 0 Å². The Morgan fingerprint density at radius 2 is 1.65 bits per heavy atom. The SMILES string of the molecule is CC1(Cc2ccc(C(C)(C)C)cc2)Cc2cc(C(=O)N(CCC(=O)O)Cc3ccc(Cl)cc3)ccc2O1. The minimum atomic E-state index is -0.942. The first-order chi connectivity index (χ1) is 17.4. The van der Waals surface area contributed by atoms with Crippen LogP contribution in [0.15, 0.2) is 66.7 Å². The second-order valence-corrected chi connectivity index (χ2v) is 11.6. The van der Waals surface area contributed by atoms with Crippen molar-refractivity contribution in [3.05, 3.63) is 99.6 Å². The van der Waals surface area contributed by atoms with Crippen molar-refractivity contribution in [2.75, 3.05) is 6.54 Å². The van der Waals surface area contributed by atoms with Gasteiger partial charge in [-0.15, -0.1) is 0 Å². The van der Waals surface area contributed by atoms with Crippen molar-refractivity contribution in [2.45, 2.75) is 64.5 Å². The Morgan fingerprint density at radius 1 is 1.00 bits per heavy atom. The van der Waals surface area contributed by atoms with E-state index in [1.54, 1.807) is 23.1 Å². The minimum Gasteiger partial charge on any atom is -0.487 e. The molecule has 1 amide bonds. The van der Waals surface area contributed by atoms with Crippen molar-refractivity contribution in [3.63, 3.8) is 0 Å². The van der Waals surface area contributed by atoms with Crippen LogP contribution in [0.4, 0.5) is 0 Å². The summed E-state index contributed by atoms with van der Waals surface area (Å²) >= 11 is 5.99. The van der Waals surface area contributed by atoms with E-state index in [4.69, 9.17) is 16.3 Å². The molecule has 3 aromatic carbocycles. The van der Waals surface area contributed by atoms with Crippen LogP contribution >= 0.6 is 11.6 Å². The normalized spacial score (nSPS) is 16.7. The van der Waals surface area contributed by atoms with Gasteiger partial charge in [-0.05, 0) is 64.9 Å². The standard InChI is InChI=1S/C31H34ClNO4/c1-30(2,3)25-10-5-21(6-11-25)18-31(4)19-24-17-23(9-14-27(24)37-31)29(36)33(16-15-28(34)35)20-22-7-12-26(32)13-8-22/h5-14,17H,15-16,18-20H2,1-4H3,(H,34,35). The number of benzene rings is 3. The molecule has 194 valence electrons. The zero-order chi connectivity index (χ0) is 26.8. The van der Waals surface area contributed by atoms with Gasteiger partial charge in [-0.1, -0.05) is 68.8 Å². The number of hydrogen-bond acceptors (Lipinski definition) is 3. The van der Waals surface area contributed by atoms with Gasteiger partial charge in [-0.3, -0.25) is 9.59 Å². The first-order valence-corrected chi connectivity index (χ1v) is 13.0. The van der Waals surface area contributed by atoms with Gasteiger partial charge >= 0.3 is 5.97 Å². The third-order valence-corrected chi connectivity index (χ3v) is 7.05. The summed E-state index contributed by atoms with van der Waals surface area (Å²) in [6.07, 6.45) is 1.33. The van der Waals surface area contributed by atoms with Crippen molar-refractivity contribution in [3.8, 4) is 5.75 Å². The Kier molecular flexibility index (Phi) is 7.65. The first-order valence-electron chi connectivity index (χ1n) is 12.6. The predicted octanol–water partition coefficient (Wildman–Crippen LogP) is 6.69. The number of fused-ring (bicyclic) bond motifs is 1. The Morgan fingerprint density at radius 3 is 2.27 bits per heavy atom. The molecule has 0 saturated carbocycles. The maximum Gasteiger partial charge on any atom is 0.305 e. The van der Waals surface area contributed by atoms with Gasteiger partial charge in [-0.25, -0.2) is 0 Å². The van der Waals surface area contributed by atoms with E-state index >= 15 is 0 Å². The molecule has 0 fully saturated rings. The molecule has 0 aromatic heterocycles. The number of carbonyl (C=O) groups excluding carboxylic acids is 1. The molecule has 6 heteroatoms. The Hall–Kier alpha value is -3.31. The molecular formula is C31H34ClNO4. The smallest absolute Gasteiger partial charge is 0.305 e. The summed E-state index contributed by atoms with van der Waals surface area (Å²) in [7, 11) is 0. The molecule has 0 radical (unpaired) electrons. The zero-order valence-electron chi connectivity index (χ0n) is 21.9. The van der Waals surface area contributed by atoms with Gasteiger partial charge in [0.15, 0.2) is 0 Å². The fourth-order valence-electron chi connectivity index (χ4n) is 4.78. The molecule has 5 nitrogen and oxygen atoms in total. The molecule has 3 aromatic rings. The lowest BCUT2D eigenvalue weighted by Crippen LogP contribution is -2.33. The molecule has 1 unspecified atom stereocenters. The molecule has 0 saturated heterocycles. The Labute approximate surface area is 224 Å². The quantitative estimate of drug-likeness (QED) is 0.360. The molecule has 1 N–H and O–H groups in total. The fourth-order valence-corrected chi connectivity index (χ4v) is 4.91. The summed E-state index contributed by atoms with van der Waals surface area (Å²) in [6, 6.07) is 21.4. The predicted molar refractivity (Wildman–Crippen MR) is 146 cm³/mol. The average molecular weight is 520 g/mol. The van der Waals surface area contributed by atoms with Gasteiger partial charge < -0.3 is 14.7 Å². The number of amides is 1. The number of halogens is 1. The van der Waals surface area contributed by atoms with Gasteiger partial charge in [0, 0.05) is 36.5 Å². The lowest BCUT2D eigenvalue weighted by molar-refractivity contribution is -0.137. The van der Waals surface area contributed by atoms with Crippen LogP contribution in [0.25, 0.3) is 0 Å². The summed E-state index contributed by atoms with van der Waals surface area (Å²) < 4.78 is 6.36. The van der Waals surface area contributed by atoms with Crippen molar-refractivity contribution in [1.82, 2.24) is 4.90 Å². The zero-order valence-corrected chi connectivity index (χ0v) is 22.6. The monoisotopic (exact) mass is 519 g/mol. The molecule has 1 aliphatic rings. The summed E-state index contributed by atoms with van der Waals surface area (Å²) in [5.41, 5.74) is 4.62. The van der Waals surface area contributed by atoms with Crippen LogP contribution in [-0.4, -0.2) is 34.0 Å². The van der Waals surface area contributed by atoms with E-state index < -0.39 is 11.6 Å². The van der Waals surface area contributed by atoms with Crippen molar-refractivity contribution < 1.29 is 19.4 Å². The number of carbonyl (C=O) groups is 2. The van der Waals surface area contributed by atoms with E-state index in [-0.39, 0.29) is 24.3 Å². The topological polar surface area (TPSA) is 66.8 Å². The summed E-state index contributed by atoms with van der Waals surface area (Å²) in [4.78, 5) is 26.3. The van der Waals surface area contributed by atoms with Gasteiger partial charge in [0.25, 0.3) is 5.91 Å².